The first kappa shape index (κ1) is 23.1. The molecule has 1 aliphatic heterocycles. The Morgan fingerprint density at radius 2 is 1.96 bits per heavy atom. The van der Waals surface area contributed by atoms with Gasteiger partial charge in [-0.1, -0.05) is 18.1 Å². The molecule has 27 heavy (non-hydrogen) atoms. The minimum absolute atomic E-state index is 0. The fraction of sp³-hybridized carbons (Fsp3) is 0.500. The van der Waals surface area contributed by atoms with E-state index in [-0.39, 0.29) is 43.0 Å². The Kier molecular flexibility index (Phi) is 11.3. The van der Waals surface area contributed by atoms with E-state index in [1.165, 1.54) is 5.56 Å². The summed E-state index contributed by atoms with van der Waals surface area (Å²) >= 11 is 0. The van der Waals surface area contributed by atoms with E-state index < -0.39 is 0 Å². The van der Waals surface area contributed by atoms with Crippen LogP contribution in [0.4, 0.5) is 0 Å². The molecule has 0 spiro atoms. The van der Waals surface area contributed by atoms with Crippen molar-refractivity contribution in [1.29, 1.82) is 0 Å². The van der Waals surface area contributed by atoms with Gasteiger partial charge in [-0.2, -0.15) is 0 Å². The van der Waals surface area contributed by atoms with E-state index in [1.807, 2.05) is 36.1 Å². The highest BCUT2D eigenvalue weighted by atomic mass is 127. The van der Waals surface area contributed by atoms with Gasteiger partial charge in [0.1, 0.15) is 18.9 Å². The molecule has 0 bridgehead atoms. The maximum absolute atomic E-state index is 12.1. The molecule has 6 nitrogen and oxygen atoms in total. The number of carbonyl (C=O) groups is 1. The summed E-state index contributed by atoms with van der Waals surface area (Å²) in [7, 11) is 0. The maximum Gasteiger partial charge on any atom is 0.244 e. The lowest BCUT2D eigenvalue weighted by molar-refractivity contribution is -0.128. The van der Waals surface area contributed by atoms with Crippen LogP contribution in [-0.4, -0.2) is 56.1 Å². The zero-order valence-electron chi connectivity index (χ0n) is 15.9. The summed E-state index contributed by atoms with van der Waals surface area (Å²) < 4.78 is 5.36. The van der Waals surface area contributed by atoms with E-state index in [1.54, 1.807) is 0 Å². The molecule has 0 saturated carbocycles. The number of amides is 1. The summed E-state index contributed by atoms with van der Waals surface area (Å²) in [6.07, 6.45) is 8.22. The van der Waals surface area contributed by atoms with Crippen LogP contribution in [0, 0.1) is 12.3 Å². The van der Waals surface area contributed by atoms with Crippen LogP contribution in [0.2, 0.25) is 0 Å². The van der Waals surface area contributed by atoms with E-state index in [0.29, 0.717) is 5.96 Å². The highest BCUT2D eigenvalue weighted by Crippen LogP contribution is 2.12. The van der Waals surface area contributed by atoms with Crippen LogP contribution >= 0.6 is 24.0 Å². The van der Waals surface area contributed by atoms with Gasteiger partial charge in [-0.15, -0.1) is 30.4 Å². The first-order chi connectivity index (χ1) is 12.7. The Hall–Kier alpha value is -1.95. The molecule has 7 heteroatoms. The topological polar surface area (TPSA) is 66.0 Å². The van der Waals surface area contributed by atoms with E-state index >= 15 is 0 Å². The molecule has 2 N–H and O–H groups in total. The highest BCUT2D eigenvalue weighted by molar-refractivity contribution is 14.0. The van der Waals surface area contributed by atoms with Crippen LogP contribution in [0.25, 0.3) is 0 Å². The standard InChI is InChI=1S/C20H28N4O2.HI/c1-3-15-26-18-9-7-17(8-10-18)11-12-22-20(21-4-2)23-16-19(25)24-13-5-6-14-24;/h1,7-10H,4-6,11-16H2,2H3,(H2,21,22,23);1H. The summed E-state index contributed by atoms with van der Waals surface area (Å²) in [6.45, 7) is 5.68. The van der Waals surface area contributed by atoms with Crippen LogP contribution in [-0.2, 0) is 11.2 Å². The van der Waals surface area contributed by atoms with Crippen molar-refractivity contribution < 1.29 is 9.53 Å². The smallest absolute Gasteiger partial charge is 0.244 e. The normalized spacial score (nSPS) is 13.5. The number of halogens is 1. The number of benzene rings is 1. The second kappa shape index (κ2) is 13.3. The zero-order chi connectivity index (χ0) is 18.6. The van der Waals surface area contributed by atoms with Gasteiger partial charge in [-0.05, 0) is 43.9 Å². The van der Waals surface area contributed by atoms with Crippen LogP contribution in [0.5, 0.6) is 5.75 Å². The number of hydrogen-bond donors (Lipinski definition) is 2. The van der Waals surface area contributed by atoms with Crippen molar-refractivity contribution >= 4 is 35.8 Å². The lowest BCUT2D eigenvalue weighted by atomic mass is 10.1. The number of rotatable bonds is 8. The second-order valence-corrected chi connectivity index (χ2v) is 6.10. The van der Waals surface area contributed by atoms with Gasteiger partial charge in [0, 0.05) is 26.2 Å². The molecule has 1 aliphatic rings. The quantitative estimate of drug-likeness (QED) is 0.257. The minimum atomic E-state index is 0. The Bertz CT molecular complexity index is 634. The molecule has 2 rings (SSSR count). The molecule has 1 fully saturated rings. The van der Waals surface area contributed by atoms with Crippen molar-refractivity contribution in [1.82, 2.24) is 15.5 Å². The number of hydrogen-bond acceptors (Lipinski definition) is 3. The predicted octanol–water partition coefficient (Wildman–Crippen LogP) is 2.04. The van der Waals surface area contributed by atoms with Crippen molar-refractivity contribution in [3.63, 3.8) is 0 Å². The van der Waals surface area contributed by atoms with Crippen molar-refractivity contribution in [2.75, 3.05) is 39.3 Å². The Labute approximate surface area is 179 Å². The number of carbonyl (C=O) groups excluding carboxylic acids is 1. The van der Waals surface area contributed by atoms with E-state index in [4.69, 9.17) is 11.2 Å². The van der Waals surface area contributed by atoms with Crippen molar-refractivity contribution in [2.24, 2.45) is 4.99 Å². The average Bonchev–Trinajstić information content (AvgIpc) is 3.20. The Morgan fingerprint density at radius 1 is 1.26 bits per heavy atom. The van der Waals surface area contributed by atoms with Crippen molar-refractivity contribution in [3.05, 3.63) is 29.8 Å². The molecule has 1 aromatic carbocycles. The second-order valence-electron chi connectivity index (χ2n) is 6.10. The fourth-order valence-corrected chi connectivity index (χ4v) is 2.76. The number of nitrogens with one attached hydrogen (secondary N) is 2. The van der Waals surface area contributed by atoms with Crippen LogP contribution in [0.3, 0.4) is 0 Å². The molecule has 1 amide bonds. The van der Waals surface area contributed by atoms with Gasteiger partial charge in [0.15, 0.2) is 5.96 Å². The summed E-state index contributed by atoms with van der Waals surface area (Å²) in [6, 6.07) is 7.88. The Morgan fingerprint density at radius 3 is 2.59 bits per heavy atom. The lowest BCUT2D eigenvalue weighted by Gasteiger charge is -2.15. The highest BCUT2D eigenvalue weighted by Gasteiger charge is 2.17. The molecule has 0 atom stereocenters. The van der Waals surface area contributed by atoms with E-state index in [2.05, 4.69) is 21.5 Å². The number of nitrogens with zero attached hydrogens (tertiary/aromatic N) is 2. The predicted molar refractivity (Wildman–Crippen MR) is 120 cm³/mol. The van der Waals surface area contributed by atoms with Crippen LogP contribution in [0.15, 0.2) is 29.3 Å². The third-order valence-corrected chi connectivity index (χ3v) is 4.13. The number of aliphatic imine (C=N–C) groups is 1. The van der Waals surface area contributed by atoms with Crippen LogP contribution < -0.4 is 15.4 Å². The molecule has 1 saturated heterocycles. The summed E-state index contributed by atoms with van der Waals surface area (Å²) in [5, 5.41) is 6.45. The molecule has 0 radical (unpaired) electrons. The van der Waals surface area contributed by atoms with E-state index in [0.717, 1.165) is 51.2 Å². The van der Waals surface area contributed by atoms with Gasteiger partial charge in [0.25, 0.3) is 0 Å². The fourth-order valence-electron chi connectivity index (χ4n) is 2.76. The molecule has 0 aliphatic carbocycles. The number of ether oxygens (including phenoxy) is 1. The number of likely N-dealkylation sites (tertiary alicyclic amines) is 1. The summed E-state index contributed by atoms with van der Waals surface area (Å²) in [4.78, 5) is 18.4. The monoisotopic (exact) mass is 484 g/mol. The first-order valence-corrected chi connectivity index (χ1v) is 9.18. The molecule has 0 aromatic heterocycles. The molecular weight excluding hydrogens is 455 g/mol. The third kappa shape index (κ3) is 8.52. The van der Waals surface area contributed by atoms with Crippen molar-refractivity contribution in [2.45, 2.75) is 26.2 Å². The lowest BCUT2D eigenvalue weighted by Crippen LogP contribution is -2.39. The van der Waals surface area contributed by atoms with Gasteiger partial charge >= 0.3 is 0 Å². The summed E-state index contributed by atoms with van der Waals surface area (Å²) in [5.41, 5.74) is 1.19. The molecule has 148 valence electrons. The van der Waals surface area contributed by atoms with Crippen molar-refractivity contribution in [3.8, 4) is 18.1 Å². The van der Waals surface area contributed by atoms with Gasteiger partial charge < -0.3 is 20.3 Å². The van der Waals surface area contributed by atoms with Gasteiger partial charge in [-0.25, -0.2) is 4.99 Å². The average molecular weight is 484 g/mol. The largest absolute Gasteiger partial charge is 0.481 e. The summed E-state index contributed by atoms with van der Waals surface area (Å²) in [5.74, 6) is 4.00. The SMILES string of the molecule is C#CCOc1ccc(CCNC(=NCC(=O)N2CCCC2)NCC)cc1.I. The Balaban J connectivity index is 0.00000364. The molecule has 0 unspecified atom stereocenters. The first-order valence-electron chi connectivity index (χ1n) is 9.18. The van der Waals surface area contributed by atoms with Crippen LogP contribution in [0.1, 0.15) is 25.3 Å². The zero-order valence-corrected chi connectivity index (χ0v) is 18.2. The number of guanidine groups is 1. The maximum atomic E-state index is 12.1. The molecule has 1 heterocycles. The third-order valence-electron chi connectivity index (χ3n) is 4.13. The molecular formula is C20H29IN4O2. The van der Waals surface area contributed by atoms with E-state index in [9.17, 15) is 4.79 Å². The number of terminal acetylenes is 1. The molecule has 1 aromatic rings. The minimum Gasteiger partial charge on any atom is -0.481 e. The van der Waals surface area contributed by atoms with Gasteiger partial charge in [0.2, 0.25) is 5.91 Å². The van der Waals surface area contributed by atoms with Gasteiger partial charge in [-0.3, -0.25) is 4.79 Å². The van der Waals surface area contributed by atoms with Gasteiger partial charge in [0.05, 0.1) is 0 Å².